The number of thioether (sulfide) groups is 1. The number of carbonyl (C=O) groups excluding carboxylic acids is 3. The van der Waals surface area contributed by atoms with Crippen LogP contribution in [0, 0.1) is 6.92 Å². The lowest BCUT2D eigenvalue weighted by Gasteiger charge is -2.16. The Morgan fingerprint density at radius 2 is 1.86 bits per heavy atom. The second-order valence-electron chi connectivity index (χ2n) is 6.24. The van der Waals surface area contributed by atoms with Crippen LogP contribution in [0.5, 0.6) is 0 Å². The molecule has 2 aromatic carbocycles. The van der Waals surface area contributed by atoms with E-state index < -0.39 is 11.8 Å². The zero-order valence-corrected chi connectivity index (χ0v) is 17.9. The minimum absolute atomic E-state index is 0.164. The van der Waals surface area contributed by atoms with Gasteiger partial charge in [0.15, 0.2) is 4.32 Å². The van der Waals surface area contributed by atoms with E-state index in [9.17, 15) is 14.4 Å². The third-order valence-electron chi connectivity index (χ3n) is 3.91. The van der Waals surface area contributed by atoms with Crippen LogP contribution in [0.4, 0.5) is 5.69 Å². The van der Waals surface area contributed by atoms with E-state index in [1.54, 1.807) is 48.5 Å². The summed E-state index contributed by atoms with van der Waals surface area (Å²) in [7, 11) is 0. The van der Waals surface area contributed by atoms with Crippen LogP contribution in [0.1, 0.15) is 28.4 Å². The maximum Gasteiger partial charge on any atom is 0.285 e. The fourth-order valence-corrected chi connectivity index (χ4v) is 4.05. The van der Waals surface area contributed by atoms with Gasteiger partial charge in [-0.1, -0.05) is 41.6 Å². The van der Waals surface area contributed by atoms with Gasteiger partial charge in [0.25, 0.3) is 11.8 Å². The van der Waals surface area contributed by atoms with E-state index in [4.69, 9.17) is 23.8 Å². The van der Waals surface area contributed by atoms with E-state index in [1.165, 1.54) is 6.92 Å². The molecule has 29 heavy (non-hydrogen) atoms. The Labute approximate surface area is 182 Å². The van der Waals surface area contributed by atoms with Crippen molar-refractivity contribution < 1.29 is 14.4 Å². The predicted molar refractivity (Wildman–Crippen MR) is 119 cm³/mol. The van der Waals surface area contributed by atoms with Crippen LogP contribution in [0.15, 0.2) is 47.4 Å². The molecule has 1 fully saturated rings. The van der Waals surface area contributed by atoms with Gasteiger partial charge in [0, 0.05) is 12.6 Å². The van der Waals surface area contributed by atoms with Crippen molar-refractivity contribution in [3.05, 3.63) is 69.1 Å². The third-order valence-corrected chi connectivity index (χ3v) is 5.52. The average molecular weight is 446 g/mol. The van der Waals surface area contributed by atoms with Gasteiger partial charge < -0.3 is 5.32 Å². The Kier molecular flexibility index (Phi) is 6.36. The second kappa shape index (κ2) is 8.77. The Bertz CT molecular complexity index is 1050. The highest BCUT2D eigenvalue weighted by molar-refractivity contribution is 8.26. The van der Waals surface area contributed by atoms with Crippen LogP contribution in [0.25, 0.3) is 6.08 Å². The molecule has 0 aliphatic carbocycles. The molecule has 0 saturated carbocycles. The van der Waals surface area contributed by atoms with Crippen molar-refractivity contribution in [3.63, 3.8) is 0 Å². The van der Waals surface area contributed by atoms with Gasteiger partial charge in [-0.15, -0.1) is 0 Å². The number of halogens is 1. The van der Waals surface area contributed by atoms with Crippen molar-refractivity contribution in [2.45, 2.75) is 13.8 Å². The average Bonchev–Trinajstić information content (AvgIpc) is 2.90. The zero-order chi connectivity index (χ0) is 21.1. The first-order chi connectivity index (χ1) is 13.7. The zero-order valence-electron chi connectivity index (χ0n) is 15.5. The first kappa shape index (κ1) is 21.0. The number of hydrogen-bond donors (Lipinski definition) is 2. The summed E-state index contributed by atoms with van der Waals surface area (Å²) in [6, 6.07) is 12.0. The lowest BCUT2D eigenvalue weighted by atomic mass is 10.1. The van der Waals surface area contributed by atoms with E-state index in [0.29, 0.717) is 15.6 Å². The smallest absolute Gasteiger partial charge is 0.285 e. The van der Waals surface area contributed by atoms with Crippen LogP contribution in [0.2, 0.25) is 5.02 Å². The maximum absolute atomic E-state index is 12.7. The highest BCUT2D eigenvalue weighted by Gasteiger charge is 2.34. The van der Waals surface area contributed by atoms with Gasteiger partial charge in [-0.3, -0.25) is 19.8 Å². The number of nitrogens with zero attached hydrogens (tertiary/aromatic N) is 1. The summed E-state index contributed by atoms with van der Waals surface area (Å²) in [6.45, 7) is 3.29. The number of aryl methyl sites for hydroxylation is 1. The maximum atomic E-state index is 12.7. The lowest BCUT2D eigenvalue weighted by molar-refractivity contribution is -0.123. The fourth-order valence-electron chi connectivity index (χ4n) is 2.55. The van der Waals surface area contributed by atoms with Crippen molar-refractivity contribution in [2.75, 3.05) is 5.32 Å². The van der Waals surface area contributed by atoms with Gasteiger partial charge in [0.1, 0.15) is 0 Å². The Hall–Kier alpha value is -2.68. The molecule has 6 nitrogen and oxygen atoms in total. The molecule has 0 unspecified atom stereocenters. The summed E-state index contributed by atoms with van der Waals surface area (Å²) in [4.78, 5) is 36.6. The van der Waals surface area contributed by atoms with Gasteiger partial charge >= 0.3 is 0 Å². The van der Waals surface area contributed by atoms with Crippen molar-refractivity contribution in [1.82, 2.24) is 10.4 Å². The van der Waals surface area contributed by atoms with E-state index >= 15 is 0 Å². The Morgan fingerprint density at radius 1 is 1.17 bits per heavy atom. The van der Waals surface area contributed by atoms with Crippen molar-refractivity contribution in [2.24, 2.45) is 0 Å². The minimum Gasteiger partial charge on any atom is -0.326 e. The van der Waals surface area contributed by atoms with E-state index in [2.05, 4.69) is 10.7 Å². The summed E-state index contributed by atoms with van der Waals surface area (Å²) in [5, 5.41) is 4.01. The molecule has 0 aromatic heterocycles. The molecule has 9 heteroatoms. The molecule has 3 amide bonds. The minimum atomic E-state index is -0.521. The molecule has 148 valence electrons. The third kappa shape index (κ3) is 5.03. The normalized spacial score (nSPS) is 15.0. The molecule has 0 bridgehead atoms. The topological polar surface area (TPSA) is 78.5 Å². The molecular weight excluding hydrogens is 430 g/mol. The first-order valence-electron chi connectivity index (χ1n) is 8.47. The lowest BCUT2D eigenvalue weighted by Crippen LogP contribution is -2.44. The fraction of sp³-hybridized carbons (Fsp3) is 0.100. The monoisotopic (exact) mass is 445 g/mol. The molecule has 1 saturated heterocycles. The number of thiocarbonyl (C=S) groups is 1. The van der Waals surface area contributed by atoms with E-state index in [0.717, 1.165) is 27.9 Å². The highest BCUT2D eigenvalue weighted by atomic mass is 35.5. The summed E-state index contributed by atoms with van der Waals surface area (Å²) < 4.78 is 0.215. The number of benzene rings is 2. The molecule has 1 aliphatic rings. The van der Waals surface area contributed by atoms with Crippen molar-refractivity contribution >= 4 is 69.4 Å². The summed E-state index contributed by atoms with van der Waals surface area (Å²) in [6.07, 6.45) is 1.67. The van der Waals surface area contributed by atoms with Crippen molar-refractivity contribution in [3.8, 4) is 0 Å². The van der Waals surface area contributed by atoms with Gasteiger partial charge in [-0.2, -0.15) is 5.01 Å². The number of hydrazine groups is 1. The van der Waals surface area contributed by atoms with Crippen LogP contribution in [-0.4, -0.2) is 27.1 Å². The van der Waals surface area contributed by atoms with Crippen LogP contribution < -0.4 is 10.7 Å². The van der Waals surface area contributed by atoms with Crippen molar-refractivity contribution in [1.29, 1.82) is 0 Å². The first-order valence-corrected chi connectivity index (χ1v) is 10.1. The van der Waals surface area contributed by atoms with Gasteiger partial charge in [0.05, 0.1) is 15.5 Å². The molecule has 0 radical (unpaired) electrons. The molecule has 0 atom stereocenters. The van der Waals surface area contributed by atoms with E-state index in [-0.39, 0.29) is 15.8 Å². The summed E-state index contributed by atoms with van der Waals surface area (Å²) >= 11 is 12.4. The van der Waals surface area contributed by atoms with Crippen LogP contribution >= 0.6 is 35.6 Å². The van der Waals surface area contributed by atoms with Gasteiger partial charge in [-0.05, 0) is 60.6 Å². The number of hydrogen-bond acceptors (Lipinski definition) is 5. The largest absolute Gasteiger partial charge is 0.326 e. The number of carbonyl (C=O) groups is 3. The Morgan fingerprint density at radius 3 is 2.48 bits per heavy atom. The quantitative estimate of drug-likeness (QED) is 0.546. The molecular formula is C20H16ClN3O3S2. The molecule has 1 aliphatic heterocycles. The number of nitrogens with one attached hydrogen (secondary N) is 2. The standard InChI is InChI=1S/C20H16ClN3O3S2/c1-11-3-8-15(16(21)9-11)18(26)23-24-19(27)17(29-20(24)28)10-13-4-6-14(7-5-13)22-12(2)25/h3-10H,1-2H3,(H,22,25)(H,23,26)/b17-10-. The molecule has 0 spiro atoms. The molecule has 2 aromatic rings. The van der Waals surface area contributed by atoms with E-state index in [1.807, 2.05) is 6.92 Å². The highest BCUT2D eigenvalue weighted by Crippen LogP contribution is 2.32. The summed E-state index contributed by atoms with van der Waals surface area (Å²) in [5.74, 6) is -1.11. The van der Waals surface area contributed by atoms with Crippen LogP contribution in [0.3, 0.4) is 0 Å². The molecule has 2 N–H and O–H groups in total. The van der Waals surface area contributed by atoms with Gasteiger partial charge in [0.2, 0.25) is 5.91 Å². The molecule has 3 rings (SSSR count). The predicted octanol–water partition coefficient (Wildman–Crippen LogP) is 4.15. The SMILES string of the molecule is CC(=O)Nc1ccc(/C=C2\SC(=S)N(NC(=O)c3ccc(C)cc3Cl)C2=O)cc1. The number of rotatable bonds is 4. The summed E-state index contributed by atoms with van der Waals surface area (Å²) in [5.41, 5.74) is 5.10. The number of amides is 3. The molecule has 1 heterocycles. The van der Waals surface area contributed by atoms with Gasteiger partial charge in [-0.25, -0.2) is 0 Å². The second-order valence-corrected chi connectivity index (χ2v) is 8.33. The number of anilines is 1. The van der Waals surface area contributed by atoms with Crippen LogP contribution in [-0.2, 0) is 9.59 Å². The Balaban J connectivity index is 1.74.